The summed E-state index contributed by atoms with van der Waals surface area (Å²) in [6.45, 7) is 0. The van der Waals surface area contributed by atoms with E-state index >= 15 is 0 Å². The second kappa shape index (κ2) is 2.87. The molecule has 6 atom stereocenters. The van der Waals surface area contributed by atoms with Crippen molar-refractivity contribution >= 4 is 5.78 Å². The molecule has 2 bridgehead atoms. The Hall–Kier alpha value is -0.330. The Balaban J connectivity index is 1.76. The van der Waals surface area contributed by atoms with Gasteiger partial charge in [0, 0.05) is 11.8 Å². The monoisotopic (exact) mass is 204 g/mol. The minimum Gasteiger partial charge on any atom is -0.299 e. The molecule has 0 amide bonds. The lowest BCUT2D eigenvalue weighted by atomic mass is 9.77. The molecular weight excluding hydrogens is 184 g/mol. The predicted molar refractivity (Wildman–Crippen MR) is 58.3 cm³/mol. The van der Waals surface area contributed by atoms with Crippen molar-refractivity contribution in [3.63, 3.8) is 0 Å². The lowest BCUT2D eigenvalue weighted by molar-refractivity contribution is -0.124. The third-order valence-electron chi connectivity index (χ3n) is 5.98. The van der Waals surface area contributed by atoms with Crippen LogP contribution in [0.15, 0.2) is 0 Å². The van der Waals surface area contributed by atoms with E-state index < -0.39 is 0 Å². The van der Waals surface area contributed by atoms with Crippen LogP contribution in [0, 0.1) is 35.5 Å². The number of rotatable bonds is 0. The van der Waals surface area contributed by atoms with Crippen LogP contribution < -0.4 is 0 Å². The van der Waals surface area contributed by atoms with Gasteiger partial charge >= 0.3 is 0 Å². The Kier molecular flexibility index (Phi) is 1.68. The van der Waals surface area contributed by atoms with Gasteiger partial charge in [0.2, 0.25) is 0 Å². The average molecular weight is 204 g/mol. The van der Waals surface area contributed by atoms with Gasteiger partial charge in [0.1, 0.15) is 5.78 Å². The first kappa shape index (κ1) is 8.78. The smallest absolute Gasteiger partial charge is 0.139 e. The molecule has 0 N–H and O–H groups in total. The molecule has 15 heavy (non-hydrogen) atoms. The van der Waals surface area contributed by atoms with Gasteiger partial charge in [0.05, 0.1) is 0 Å². The summed E-state index contributed by atoms with van der Waals surface area (Å²) >= 11 is 0. The molecule has 82 valence electrons. The van der Waals surface area contributed by atoms with E-state index in [9.17, 15) is 4.79 Å². The highest BCUT2D eigenvalue weighted by Gasteiger charge is 2.58. The fourth-order valence-electron chi connectivity index (χ4n) is 5.53. The molecule has 4 aliphatic carbocycles. The summed E-state index contributed by atoms with van der Waals surface area (Å²) in [4.78, 5) is 12.3. The van der Waals surface area contributed by atoms with Crippen LogP contribution in [0.5, 0.6) is 0 Å². The molecule has 4 rings (SSSR count). The maximum atomic E-state index is 12.3. The van der Waals surface area contributed by atoms with Crippen LogP contribution in [0.25, 0.3) is 0 Å². The number of carbonyl (C=O) groups is 1. The van der Waals surface area contributed by atoms with Crippen molar-refractivity contribution < 1.29 is 4.79 Å². The Labute approximate surface area is 91.6 Å². The molecule has 0 saturated heterocycles. The average Bonchev–Trinajstić information content (AvgIpc) is 2.80. The van der Waals surface area contributed by atoms with Crippen LogP contribution in [-0.4, -0.2) is 5.78 Å². The standard InChI is InChI=1S/C14H20O/c15-14-10-5-4-9-3-1-2-8-6-11(13(9)10)12(14)7-8/h8-13H,1-7H2. The summed E-state index contributed by atoms with van der Waals surface area (Å²) in [6.07, 6.45) is 9.60. The van der Waals surface area contributed by atoms with E-state index in [4.69, 9.17) is 0 Å². The number of hydrogen-bond donors (Lipinski definition) is 0. The lowest BCUT2D eigenvalue weighted by Crippen LogP contribution is -2.21. The first-order valence-corrected chi connectivity index (χ1v) is 6.88. The topological polar surface area (TPSA) is 17.1 Å². The van der Waals surface area contributed by atoms with Crippen LogP contribution in [0.1, 0.15) is 44.9 Å². The van der Waals surface area contributed by atoms with Crippen LogP contribution in [0.4, 0.5) is 0 Å². The van der Waals surface area contributed by atoms with Crippen LogP contribution in [0.2, 0.25) is 0 Å². The highest BCUT2D eigenvalue weighted by Crippen LogP contribution is 2.60. The first-order valence-electron chi connectivity index (χ1n) is 6.88. The number of carbonyl (C=O) groups excluding carboxylic acids is 1. The summed E-state index contributed by atoms with van der Waals surface area (Å²) in [5.74, 6) is 5.26. The largest absolute Gasteiger partial charge is 0.299 e. The van der Waals surface area contributed by atoms with Crippen molar-refractivity contribution in [2.75, 3.05) is 0 Å². The Bertz CT molecular complexity index is 308. The van der Waals surface area contributed by atoms with Gasteiger partial charge in [-0.05, 0) is 49.4 Å². The quantitative estimate of drug-likeness (QED) is 0.592. The molecule has 6 unspecified atom stereocenters. The van der Waals surface area contributed by atoms with Crippen molar-refractivity contribution in [3.05, 3.63) is 0 Å². The van der Waals surface area contributed by atoms with Crippen molar-refractivity contribution in [1.82, 2.24) is 0 Å². The molecule has 0 aromatic rings. The van der Waals surface area contributed by atoms with Crippen LogP contribution in [-0.2, 0) is 4.79 Å². The number of fused-ring (bicyclic) bond motifs is 1. The summed E-state index contributed by atoms with van der Waals surface area (Å²) < 4.78 is 0. The normalized spacial score (nSPS) is 56.9. The fraction of sp³-hybridized carbons (Fsp3) is 0.929. The van der Waals surface area contributed by atoms with Crippen LogP contribution >= 0.6 is 0 Å². The molecule has 0 spiro atoms. The Morgan fingerprint density at radius 1 is 0.933 bits per heavy atom. The van der Waals surface area contributed by atoms with Gasteiger partial charge in [-0.15, -0.1) is 0 Å². The van der Waals surface area contributed by atoms with Gasteiger partial charge < -0.3 is 0 Å². The van der Waals surface area contributed by atoms with Gasteiger partial charge in [-0.25, -0.2) is 0 Å². The highest BCUT2D eigenvalue weighted by atomic mass is 16.1. The van der Waals surface area contributed by atoms with Crippen molar-refractivity contribution in [2.45, 2.75) is 44.9 Å². The number of hydrogen-bond acceptors (Lipinski definition) is 1. The summed E-state index contributed by atoms with van der Waals surface area (Å²) in [7, 11) is 0. The number of Topliss-reactive ketones (excluding diaryl/α,β-unsaturated/α-hetero) is 1. The summed E-state index contributed by atoms with van der Waals surface area (Å²) in [6, 6.07) is 0. The Morgan fingerprint density at radius 2 is 1.87 bits per heavy atom. The zero-order valence-electron chi connectivity index (χ0n) is 9.32. The van der Waals surface area contributed by atoms with Crippen LogP contribution in [0.3, 0.4) is 0 Å². The molecule has 0 heterocycles. The van der Waals surface area contributed by atoms with E-state index in [-0.39, 0.29) is 0 Å². The minimum absolute atomic E-state index is 0.518. The maximum Gasteiger partial charge on any atom is 0.139 e. The molecule has 4 aliphatic rings. The zero-order valence-corrected chi connectivity index (χ0v) is 9.32. The molecule has 4 saturated carbocycles. The number of ketones is 1. The van der Waals surface area contributed by atoms with Crippen molar-refractivity contribution in [2.24, 2.45) is 35.5 Å². The highest BCUT2D eigenvalue weighted by molar-refractivity contribution is 5.87. The van der Waals surface area contributed by atoms with Gasteiger partial charge in [0.25, 0.3) is 0 Å². The Morgan fingerprint density at radius 3 is 2.80 bits per heavy atom. The van der Waals surface area contributed by atoms with E-state index in [1.54, 1.807) is 0 Å². The predicted octanol–water partition coefficient (Wildman–Crippen LogP) is 3.04. The summed E-state index contributed by atoms with van der Waals surface area (Å²) in [5, 5.41) is 0. The molecule has 1 heteroatoms. The third kappa shape index (κ3) is 1.02. The first-order chi connectivity index (χ1) is 7.34. The second-order valence-electron chi connectivity index (χ2n) is 6.46. The van der Waals surface area contributed by atoms with Gasteiger partial charge in [-0.1, -0.05) is 19.3 Å². The molecule has 0 radical (unpaired) electrons. The SMILES string of the molecule is O=C1C2CC3CCCC4CCC1C4C2C3. The van der Waals surface area contributed by atoms with E-state index in [0.717, 1.165) is 23.7 Å². The molecule has 0 aromatic heterocycles. The molecule has 0 aromatic carbocycles. The zero-order chi connectivity index (χ0) is 9.99. The fourth-order valence-corrected chi connectivity index (χ4v) is 5.53. The van der Waals surface area contributed by atoms with Crippen molar-refractivity contribution in [1.29, 1.82) is 0 Å². The van der Waals surface area contributed by atoms with E-state index in [2.05, 4.69) is 0 Å². The van der Waals surface area contributed by atoms with E-state index in [0.29, 0.717) is 17.6 Å². The van der Waals surface area contributed by atoms with E-state index in [1.165, 1.54) is 44.9 Å². The lowest BCUT2D eigenvalue weighted by Gasteiger charge is -2.27. The maximum absolute atomic E-state index is 12.3. The second-order valence-corrected chi connectivity index (χ2v) is 6.46. The summed E-state index contributed by atoms with van der Waals surface area (Å²) in [5.41, 5.74) is 0. The van der Waals surface area contributed by atoms with Gasteiger partial charge in [-0.3, -0.25) is 4.79 Å². The third-order valence-corrected chi connectivity index (χ3v) is 5.98. The van der Waals surface area contributed by atoms with Gasteiger partial charge in [-0.2, -0.15) is 0 Å². The van der Waals surface area contributed by atoms with Gasteiger partial charge in [0.15, 0.2) is 0 Å². The van der Waals surface area contributed by atoms with Crippen molar-refractivity contribution in [3.8, 4) is 0 Å². The minimum atomic E-state index is 0.518. The molecule has 1 nitrogen and oxygen atoms in total. The molecular formula is C14H20O. The van der Waals surface area contributed by atoms with E-state index in [1.807, 2.05) is 0 Å². The molecule has 0 aliphatic heterocycles. The molecule has 4 fully saturated rings.